The molecule has 0 bridgehead atoms. The minimum atomic E-state index is -0.522. The van der Waals surface area contributed by atoms with Gasteiger partial charge in [0.25, 0.3) is 11.8 Å². The van der Waals surface area contributed by atoms with Crippen molar-refractivity contribution in [3.8, 4) is 0 Å². The van der Waals surface area contributed by atoms with Gasteiger partial charge in [-0.25, -0.2) is 0 Å². The van der Waals surface area contributed by atoms with Crippen molar-refractivity contribution in [1.82, 2.24) is 5.32 Å². The number of benzene rings is 2. The van der Waals surface area contributed by atoms with Gasteiger partial charge < -0.3 is 16.0 Å². The molecule has 0 spiro atoms. The molecule has 2 aromatic rings. The van der Waals surface area contributed by atoms with Gasteiger partial charge in [-0.15, -0.1) is 0 Å². The van der Waals surface area contributed by atoms with Gasteiger partial charge in [-0.3, -0.25) is 14.4 Å². The van der Waals surface area contributed by atoms with Crippen LogP contribution in [-0.4, -0.2) is 23.8 Å². The zero-order valence-corrected chi connectivity index (χ0v) is 16.3. The second kappa shape index (κ2) is 7.84. The van der Waals surface area contributed by atoms with E-state index in [-0.39, 0.29) is 17.7 Å². The van der Waals surface area contributed by atoms with E-state index in [1.54, 1.807) is 48.5 Å². The minimum absolute atomic E-state index is 0.0948. The number of carbonyl (C=O) groups excluding carboxylic acids is 3. The number of anilines is 2. The first-order valence-corrected chi connectivity index (χ1v) is 9.36. The van der Waals surface area contributed by atoms with E-state index in [0.717, 1.165) is 12.8 Å². The number of amides is 3. The summed E-state index contributed by atoms with van der Waals surface area (Å²) in [4.78, 5) is 36.7. The van der Waals surface area contributed by atoms with Gasteiger partial charge in [0.05, 0.1) is 0 Å². The summed E-state index contributed by atoms with van der Waals surface area (Å²) in [5.41, 5.74) is 1.64. The maximum atomic E-state index is 12.5. The van der Waals surface area contributed by atoms with Gasteiger partial charge >= 0.3 is 0 Å². The van der Waals surface area contributed by atoms with E-state index in [4.69, 9.17) is 0 Å². The van der Waals surface area contributed by atoms with Crippen LogP contribution in [0.1, 0.15) is 54.3 Å². The number of carbonyl (C=O) groups is 3. The molecule has 2 aromatic carbocycles. The monoisotopic (exact) mass is 379 g/mol. The quantitative estimate of drug-likeness (QED) is 0.738. The standard InChI is InChI=1S/C22H25N3O3/c1-22(2,3)21(28)25-18-6-4-5-15(13-18)20(27)24-16-9-7-14(8-10-16)19(26)23-17-11-12-17/h4-10,13,17H,11-12H2,1-3H3,(H,23,26)(H,24,27)(H,25,28). The van der Waals surface area contributed by atoms with Crippen LogP contribution in [0.2, 0.25) is 0 Å². The summed E-state index contributed by atoms with van der Waals surface area (Å²) in [6, 6.07) is 13.9. The zero-order chi connectivity index (χ0) is 20.3. The van der Waals surface area contributed by atoms with E-state index in [9.17, 15) is 14.4 Å². The smallest absolute Gasteiger partial charge is 0.255 e. The highest BCUT2D eigenvalue weighted by molar-refractivity contribution is 6.05. The Hall–Kier alpha value is -3.15. The first kappa shape index (κ1) is 19.6. The van der Waals surface area contributed by atoms with Crippen molar-refractivity contribution in [2.24, 2.45) is 5.41 Å². The molecule has 0 radical (unpaired) electrons. The summed E-state index contributed by atoms with van der Waals surface area (Å²) in [6.45, 7) is 5.48. The molecule has 0 unspecified atom stereocenters. The summed E-state index contributed by atoms with van der Waals surface area (Å²) in [6.07, 6.45) is 2.07. The van der Waals surface area contributed by atoms with Crippen molar-refractivity contribution in [1.29, 1.82) is 0 Å². The normalized spacial score (nSPS) is 13.5. The van der Waals surface area contributed by atoms with Crippen LogP contribution >= 0.6 is 0 Å². The number of rotatable bonds is 5. The molecular weight excluding hydrogens is 354 g/mol. The highest BCUT2D eigenvalue weighted by Gasteiger charge is 2.24. The molecule has 1 saturated carbocycles. The van der Waals surface area contributed by atoms with Crippen molar-refractivity contribution >= 4 is 29.1 Å². The Morgan fingerprint density at radius 3 is 2.11 bits per heavy atom. The third-order valence-corrected chi connectivity index (χ3v) is 4.38. The molecule has 1 fully saturated rings. The Labute approximate surface area is 164 Å². The fraction of sp³-hybridized carbons (Fsp3) is 0.318. The molecule has 0 aromatic heterocycles. The lowest BCUT2D eigenvalue weighted by molar-refractivity contribution is -0.123. The van der Waals surface area contributed by atoms with E-state index < -0.39 is 5.41 Å². The molecule has 3 amide bonds. The SMILES string of the molecule is CC(C)(C)C(=O)Nc1cccc(C(=O)Nc2ccc(C(=O)NC3CC3)cc2)c1. The van der Waals surface area contributed by atoms with Crippen molar-refractivity contribution in [2.75, 3.05) is 10.6 Å². The molecule has 0 atom stereocenters. The predicted octanol–water partition coefficient (Wildman–Crippen LogP) is 3.82. The zero-order valence-electron chi connectivity index (χ0n) is 16.3. The Bertz CT molecular complexity index is 894. The van der Waals surface area contributed by atoms with Crippen LogP contribution in [0.5, 0.6) is 0 Å². The molecule has 3 N–H and O–H groups in total. The molecule has 0 heterocycles. The maximum absolute atomic E-state index is 12.5. The van der Waals surface area contributed by atoms with Crippen molar-refractivity contribution < 1.29 is 14.4 Å². The van der Waals surface area contributed by atoms with E-state index in [1.807, 2.05) is 20.8 Å². The topological polar surface area (TPSA) is 87.3 Å². The molecule has 6 nitrogen and oxygen atoms in total. The molecule has 0 aliphatic heterocycles. The predicted molar refractivity (Wildman–Crippen MR) is 109 cm³/mol. The van der Waals surface area contributed by atoms with E-state index in [0.29, 0.717) is 28.5 Å². The summed E-state index contributed by atoms with van der Waals surface area (Å²) in [5, 5.41) is 8.55. The van der Waals surface area contributed by atoms with Crippen LogP contribution in [-0.2, 0) is 4.79 Å². The van der Waals surface area contributed by atoms with Gasteiger partial charge in [0.2, 0.25) is 5.91 Å². The van der Waals surface area contributed by atoms with Gasteiger partial charge in [-0.2, -0.15) is 0 Å². The molecular formula is C22H25N3O3. The lowest BCUT2D eigenvalue weighted by atomic mass is 9.95. The fourth-order valence-corrected chi connectivity index (χ4v) is 2.46. The Morgan fingerprint density at radius 1 is 0.821 bits per heavy atom. The average Bonchev–Trinajstić information content (AvgIpc) is 3.45. The van der Waals surface area contributed by atoms with Crippen LogP contribution in [0.25, 0.3) is 0 Å². The summed E-state index contributed by atoms with van der Waals surface area (Å²) >= 11 is 0. The highest BCUT2D eigenvalue weighted by atomic mass is 16.2. The fourth-order valence-electron chi connectivity index (χ4n) is 2.46. The third kappa shape index (κ3) is 5.19. The van der Waals surface area contributed by atoms with E-state index >= 15 is 0 Å². The van der Waals surface area contributed by atoms with Gasteiger partial charge in [-0.05, 0) is 55.3 Å². The molecule has 146 valence electrons. The molecule has 6 heteroatoms. The van der Waals surface area contributed by atoms with Crippen molar-refractivity contribution in [3.05, 3.63) is 59.7 Å². The first-order valence-electron chi connectivity index (χ1n) is 9.36. The third-order valence-electron chi connectivity index (χ3n) is 4.38. The van der Waals surface area contributed by atoms with Crippen LogP contribution in [0.3, 0.4) is 0 Å². The molecule has 1 aliphatic rings. The largest absolute Gasteiger partial charge is 0.349 e. The number of hydrogen-bond donors (Lipinski definition) is 3. The van der Waals surface area contributed by atoms with Crippen molar-refractivity contribution in [3.63, 3.8) is 0 Å². The van der Waals surface area contributed by atoms with Gasteiger partial charge in [0.15, 0.2) is 0 Å². The number of nitrogens with one attached hydrogen (secondary N) is 3. The summed E-state index contributed by atoms with van der Waals surface area (Å²) < 4.78 is 0. The first-order chi connectivity index (χ1) is 13.2. The maximum Gasteiger partial charge on any atom is 0.255 e. The Kier molecular flexibility index (Phi) is 5.49. The Morgan fingerprint density at radius 2 is 1.50 bits per heavy atom. The molecule has 28 heavy (non-hydrogen) atoms. The van der Waals surface area contributed by atoms with Crippen LogP contribution in [0.15, 0.2) is 48.5 Å². The highest BCUT2D eigenvalue weighted by Crippen LogP contribution is 2.21. The van der Waals surface area contributed by atoms with Crippen LogP contribution < -0.4 is 16.0 Å². The van der Waals surface area contributed by atoms with E-state index in [1.165, 1.54) is 0 Å². The Balaban J connectivity index is 1.63. The number of hydrogen-bond acceptors (Lipinski definition) is 3. The minimum Gasteiger partial charge on any atom is -0.349 e. The van der Waals surface area contributed by atoms with Gasteiger partial charge in [0, 0.05) is 34.0 Å². The average molecular weight is 379 g/mol. The summed E-state index contributed by atoms with van der Waals surface area (Å²) in [5.74, 6) is -0.505. The van der Waals surface area contributed by atoms with Crippen LogP contribution in [0.4, 0.5) is 11.4 Å². The van der Waals surface area contributed by atoms with Gasteiger partial charge in [0.1, 0.15) is 0 Å². The lowest BCUT2D eigenvalue weighted by Gasteiger charge is -2.18. The second-order valence-corrected chi connectivity index (χ2v) is 8.06. The molecule has 1 aliphatic carbocycles. The van der Waals surface area contributed by atoms with Gasteiger partial charge in [-0.1, -0.05) is 26.8 Å². The lowest BCUT2D eigenvalue weighted by Crippen LogP contribution is -2.27. The van der Waals surface area contributed by atoms with Crippen molar-refractivity contribution in [2.45, 2.75) is 39.7 Å². The van der Waals surface area contributed by atoms with Crippen LogP contribution in [0, 0.1) is 5.41 Å². The molecule has 0 saturated heterocycles. The summed E-state index contributed by atoms with van der Waals surface area (Å²) in [7, 11) is 0. The molecule has 3 rings (SSSR count). The van der Waals surface area contributed by atoms with E-state index in [2.05, 4.69) is 16.0 Å². The second-order valence-electron chi connectivity index (χ2n) is 8.06.